The lowest BCUT2D eigenvalue weighted by atomic mass is 10.1. The molecule has 0 aliphatic carbocycles. The molecule has 0 aliphatic heterocycles. The number of aromatic amines is 1. The summed E-state index contributed by atoms with van der Waals surface area (Å²) in [5.41, 5.74) is 4.50. The zero-order chi connectivity index (χ0) is 19.2. The molecule has 0 amide bonds. The van der Waals surface area contributed by atoms with E-state index in [9.17, 15) is 4.79 Å². The van der Waals surface area contributed by atoms with Gasteiger partial charge in [0.2, 0.25) is 5.52 Å². The average Bonchev–Trinajstić information content (AvgIpc) is 2.67. The first-order chi connectivity index (χ1) is 13.1. The summed E-state index contributed by atoms with van der Waals surface area (Å²) in [4.78, 5) is 15.3. The molecule has 5 heteroatoms. The van der Waals surface area contributed by atoms with Gasteiger partial charge >= 0.3 is 5.97 Å². The van der Waals surface area contributed by atoms with Crippen LogP contribution in [0.25, 0.3) is 10.9 Å². The van der Waals surface area contributed by atoms with Gasteiger partial charge in [-0.1, -0.05) is 6.92 Å². The second-order valence-corrected chi connectivity index (χ2v) is 6.34. The van der Waals surface area contributed by atoms with Crippen molar-refractivity contribution >= 4 is 28.2 Å². The lowest BCUT2D eigenvalue weighted by Crippen LogP contribution is -2.10. The van der Waals surface area contributed by atoms with Gasteiger partial charge in [-0.2, -0.15) is 0 Å². The zero-order valence-electron chi connectivity index (χ0n) is 16.0. The molecule has 0 spiro atoms. The molecule has 3 rings (SSSR count). The average molecular weight is 365 g/mol. The van der Waals surface area contributed by atoms with Gasteiger partial charge in [-0.25, -0.2) is 9.78 Å². The van der Waals surface area contributed by atoms with Gasteiger partial charge in [-0.05, 0) is 49.7 Å². The van der Waals surface area contributed by atoms with E-state index in [-0.39, 0.29) is 5.97 Å². The van der Waals surface area contributed by atoms with Crippen LogP contribution in [0.1, 0.15) is 36.3 Å². The molecule has 3 aromatic rings. The van der Waals surface area contributed by atoms with Crippen molar-refractivity contribution in [2.75, 3.05) is 18.5 Å². The number of benzene rings is 2. The lowest BCUT2D eigenvalue weighted by Gasteiger charge is -2.10. The number of H-pyrrole nitrogens is 1. The molecular weight excluding hydrogens is 340 g/mol. The van der Waals surface area contributed by atoms with Gasteiger partial charge < -0.3 is 14.8 Å². The van der Waals surface area contributed by atoms with Gasteiger partial charge in [0.1, 0.15) is 5.75 Å². The van der Waals surface area contributed by atoms with Crippen molar-refractivity contribution in [3.8, 4) is 5.75 Å². The standard InChI is InChI=1S/C22H24N2O3/c1-4-12-27-22(25)16-6-8-17(9-7-16)24-21-13-15(3)23-20-11-10-18(26-5-2)14-19(20)21/h6-11,13-14H,4-5,12H2,1-3H3,(H,23,24)/p+1. The Balaban J connectivity index is 1.87. The van der Waals surface area contributed by atoms with Crippen LogP contribution in [0.3, 0.4) is 0 Å². The molecular formula is C22H25N2O3+. The number of fused-ring (bicyclic) bond motifs is 1. The summed E-state index contributed by atoms with van der Waals surface area (Å²) in [6, 6.07) is 15.4. The summed E-state index contributed by atoms with van der Waals surface area (Å²) in [6.07, 6.45) is 0.812. The number of carbonyl (C=O) groups excluding carboxylic acids is 1. The number of hydrogen-bond donors (Lipinski definition) is 1. The van der Waals surface area contributed by atoms with Gasteiger partial charge in [0.15, 0.2) is 5.69 Å². The molecule has 27 heavy (non-hydrogen) atoms. The highest BCUT2D eigenvalue weighted by Gasteiger charge is 2.12. The van der Waals surface area contributed by atoms with Gasteiger partial charge in [0.25, 0.3) is 0 Å². The molecule has 0 unspecified atom stereocenters. The highest BCUT2D eigenvalue weighted by atomic mass is 16.5. The van der Waals surface area contributed by atoms with Crippen molar-refractivity contribution < 1.29 is 19.3 Å². The Bertz CT molecular complexity index is 936. The van der Waals surface area contributed by atoms with Crippen molar-refractivity contribution in [1.29, 1.82) is 0 Å². The first kappa shape index (κ1) is 18.7. The van der Waals surface area contributed by atoms with Crippen LogP contribution in [0, 0.1) is 6.92 Å². The van der Waals surface area contributed by atoms with E-state index in [1.165, 1.54) is 0 Å². The Labute approximate surface area is 159 Å². The molecule has 1 heterocycles. The fourth-order valence-electron chi connectivity index (χ4n) is 2.88. The molecule has 140 valence electrons. The van der Waals surface area contributed by atoms with Gasteiger partial charge in [-0.15, -0.1) is 0 Å². The van der Waals surface area contributed by atoms with Crippen molar-refractivity contribution in [3.05, 3.63) is 59.8 Å². The number of carbonyl (C=O) groups is 1. The van der Waals surface area contributed by atoms with Gasteiger partial charge in [0, 0.05) is 24.7 Å². The number of hydrogen-bond acceptors (Lipinski definition) is 4. The SMILES string of the molecule is CCCOC(=O)c1ccc(Nc2cc(C)[nH+]c3ccc(OCC)cc23)cc1. The Kier molecular flexibility index (Phi) is 5.91. The number of ether oxygens (including phenoxy) is 2. The number of aryl methyl sites for hydroxylation is 1. The van der Waals surface area contributed by atoms with Crippen LogP contribution in [0.5, 0.6) is 5.75 Å². The van der Waals surface area contributed by atoms with Crippen molar-refractivity contribution in [1.82, 2.24) is 0 Å². The van der Waals surface area contributed by atoms with E-state index in [4.69, 9.17) is 9.47 Å². The van der Waals surface area contributed by atoms with Crippen LogP contribution in [-0.2, 0) is 4.74 Å². The monoisotopic (exact) mass is 365 g/mol. The minimum Gasteiger partial charge on any atom is -0.494 e. The number of esters is 1. The normalized spacial score (nSPS) is 10.6. The van der Waals surface area contributed by atoms with Gasteiger partial charge in [0.05, 0.1) is 29.9 Å². The molecule has 2 aromatic carbocycles. The van der Waals surface area contributed by atoms with Crippen LogP contribution >= 0.6 is 0 Å². The van der Waals surface area contributed by atoms with Crippen molar-refractivity contribution in [3.63, 3.8) is 0 Å². The number of aromatic nitrogens is 1. The number of pyridine rings is 1. The maximum Gasteiger partial charge on any atom is 0.338 e. The molecule has 0 atom stereocenters. The Morgan fingerprint density at radius 2 is 1.85 bits per heavy atom. The topological polar surface area (TPSA) is 61.7 Å². The van der Waals surface area contributed by atoms with E-state index < -0.39 is 0 Å². The maximum atomic E-state index is 11.9. The third-order valence-electron chi connectivity index (χ3n) is 4.12. The molecule has 0 radical (unpaired) electrons. The summed E-state index contributed by atoms with van der Waals surface area (Å²) < 4.78 is 10.8. The highest BCUT2D eigenvalue weighted by molar-refractivity contribution is 5.93. The Morgan fingerprint density at radius 1 is 1.07 bits per heavy atom. The molecule has 1 aromatic heterocycles. The summed E-state index contributed by atoms with van der Waals surface area (Å²) in [7, 11) is 0. The first-order valence-corrected chi connectivity index (χ1v) is 9.24. The largest absolute Gasteiger partial charge is 0.494 e. The van der Waals surface area contributed by atoms with Crippen molar-refractivity contribution in [2.24, 2.45) is 0 Å². The molecule has 0 aliphatic rings. The van der Waals surface area contributed by atoms with E-state index in [0.717, 1.165) is 40.1 Å². The number of nitrogens with one attached hydrogen (secondary N) is 2. The van der Waals surface area contributed by atoms with E-state index in [0.29, 0.717) is 18.8 Å². The third-order valence-corrected chi connectivity index (χ3v) is 4.12. The quantitative estimate of drug-likeness (QED) is 0.618. The van der Waals surface area contributed by atoms with Crippen LogP contribution in [0.2, 0.25) is 0 Å². The fourth-order valence-corrected chi connectivity index (χ4v) is 2.88. The molecule has 0 saturated carbocycles. The first-order valence-electron chi connectivity index (χ1n) is 9.24. The summed E-state index contributed by atoms with van der Waals surface area (Å²) in [5, 5.41) is 4.48. The minimum atomic E-state index is -0.291. The zero-order valence-corrected chi connectivity index (χ0v) is 16.0. The second-order valence-electron chi connectivity index (χ2n) is 6.34. The maximum absolute atomic E-state index is 11.9. The molecule has 5 nitrogen and oxygen atoms in total. The molecule has 0 fully saturated rings. The minimum absolute atomic E-state index is 0.291. The molecule has 0 bridgehead atoms. The summed E-state index contributed by atoms with van der Waals surface area (Å²) in [5.74, 6) is 0.541. The van der Waals surface area contributed by atoms with E-state index in [1.807, 2.05) is 51.1 Å². The highest BCUT2D eigenvalue weighted by Crippen LogP contribution is 2.28. The van der Waals surface area contributed by atoms with Crippen LogP contribution in [-0.4, -0.2) is 19.2 Å². The number of rotatable bonds is 7. The predicted molar refractivity (Wildman–Crippen MR) is 107 cm³/mol. The molecule has 0 saturated heterocycles. The Hall–Kier alpha value is -3.08. The van der Waals surface area contributed by atoms with Crippen LogP contribution < -0.4 is 15.0 Å². The van der Waals surface area contributed by atoms with E-state index >= 15 is 0 Å². The predicted octanol–water partition coefficient (Wildman–Crippen LogP) is 4.67. The fraction of sp³-hybridized carbons (Fsp3) is 0.273. The third kappa shape index (κ3) is 4.56. The van der Waals surface area contributed by atoms with E-state index in [1.54, 1.807) is 12.1 Å². The van der Waals surface area contributed by atoms with Crippen LogP contribution in [0.15, 0.2) is 48.5 Å². The van der Waals surface area contributed by atoms with Crippen molar-refractivity contribution in [2.45, 2.75) is 27.2 Å². The smallest absolute Gasteiger partial charge is 0.338 e. The van der Waals surface area contributed by atoms with Gasteiger partial charge in [-0.3, -0.25) is 0 Å². The van der Waals surface area contributed by atoms with Crippen LogP contribution in [0.4, 0.5) is 11.4 Å². The lowest BCUT2D eigenvalue weighted by molar-refractivity contribution is -0.354. The molecule has 2 N–H and O–H groups in total. The van der Waals surface area contributed by atoms with E-state index in [2.05, 4.69) is 16.4 Å². The summed E-state index contributed by atoms with van der Waals surface area (Å²) in [6.45, 7) is 7.03. The number of anilines is 2. The second kappa shape index (κ2) is 8.54. The summed E-state index contributed by atoms with van der Waals surface area (Å²) >= 11 is 0. The Morgan fingerprint density at radius 3 is 2.56 bits per heavy atom.